The van der Waals surface area contributed by atoms with Crippen molar-refractivity contribution in [1.29, 1.82) is 0 Å². The Balaban J connectivity index is 0.000001000. The molecule has 0 amide bonds. The van der Waals surface area contributed by atoms with Crippen LogP contribution in [-0.2, 0) is 6.54 Å². The molecule has 0 aliphatic heterocycles. The fourth-order valence-electron chi connectivity index (χ4n) is 0.860. The number of hydrogen-bond donors (Lipinski definition) is 1. The predicted octanol–water partition coefficient (Wildman–Crippen LogP) is 2.53. The Morgan fingerprint density at radius 2 is 2.09 bits per heavy atom. The lowest BCUT2D eigenvalue weighted by Gasteiger charge is -2.00. The minimum Gasteiger partial charge on any atom is -0.326 e. The number of rotatable bonds is 1. The van der Waals surface area contributed by atoms with Gasteiger partial charge in [0, 0.05) is 11.6 Å². The van der Waals surface area contributed by atoms with Gasteiger partial charge in [-0.15, -0.1) is 12.4 Å². The zero-order chi connectivity index (χ0) is 7.56. The van der Waals surface area contributed by atoms with Gasteiger partial charge < -0.3 is 5.73 Å². The van der Waals surface area contributed by atoms with Gasteiger partial charge >= 0.3 is 0 Å². The molecule has 0 aromatic heterocycles. The highest BCUT2D eigenvalue weighted by atomic mass is 35.5. The summed E-state index contributed by atoms with van der Waals surface area (Å²) in [5, 5.41) is 0.758. The van der Waals surface area contributed by atoms with Gasteiger partial charge in [-0.05, 0) is 18.6 Å². The minimum atomic E-state index is 0. The summed E-state index contributed by atoms with van der Waals surface area (Å²) in [7, 11) is 0. The summed E-state index contributed by atoms with van der Waals surface area (Å²) in [6, 6.07) is 5.85. The van der Waals surface area contributed by atoms with E-state index in [4.69, 9.17) is 17.3 Å². The highest BCUT2D eigenvalue weighted by molar-refractivity contribution is 6.31. The summed E-state index contributed by atoms with van der Waals surface area (Å²) in [5.74, 6) is 0. The Kier molecular flexibility index (Phi) is 4.50. The van der Waals surface area contributed by atoms with Gasteiger partial charge in [0.25, 0.3) is 0 Å². The zero-order valence-electron chi connectivity index (χ0n) is 6.30. The van der Waals surface area contributed by atoms with Gasteiger partial charge in [-0.3, -0.25) is 0 Å². The summed E-state index contributed by atoms with van der Waals surface area (Å²) in [4.78, 5) is 0. The van der Waals surface area contributed by atoms with Crippen LogP contribution in [0.2, 0.25) is 5.02 Å². The first-order valence-electron chi connectivity index (χ1n) is 3.19. The van der Waals surface area contributed by atoms with Gasteiger partial charge in [-0.25, -0.2) is 0 Å². The topological polar surface area (TPSA) is 26.0 Å². The smallest absolute Gasteiger partial charge is 0.0451 e. The van der Waals surface area contributed by atoms with Crippen LogP contribution in [0.3, 0.4) is 0 Å². The number of benzene rings is 1. The molecule has 0 saturated heterocycles. The van der Waals surface area contributed by atoms with Crippen molar-refractivity contribution in [3.05, 3.63) is 34.3 Å². The molecule has 0 aliphatic rings. The van der Waals surface area contributed by atoms with Crippen molar-refractivity contribution < 1.29 is 0 Å². The fourth-order valence-corrected chi connectivity index (χ4v) is 1.05. The normalized spacial score (nSPS) is 9.00. The summed E-state index contributed by atoms with van der Waals surface area (Å²) in [6.07, 6.45) is 0. The lowest BCUT2D eigenvalue weighted by Crippen LogP contribution is -1.96. The van der Waals surface area contributed by atoms with E-state index >= 15 is 0 Å². The molecule has 0 unspecified atom stereocenters. The van der Waals surface area contributed by atoms with Crippen molar-refractivity contribution in [1.82, 2.24) is 0 Å². The first-order valence-corrected chi connectivity index (χ1v) is 3.57. The maximum absolute atomic E-state index is 5.82. The van der Waals surface area contributed by atoms with E-state index in [1.807, 2.05) is 25.1 Å². The van der Waals surface area contributed by atoms with E-state index in [-0.39, 0.29) is 12.4 Å². The zero-order valence-corrected chi connectivity index (χ0v) is 7.88. The van der Waals surface area contributed by atoms with Gasteiger partial charge in [0.05, 0.1) is 0 Å². The second-order valence-corrected chi connectivity index (χ2v) is 2.71. The van der Waals surface area contributed by atoms with E-state index in [2.05, 4.69) is 0 Å². The van der Waals surface area contributed by atoms with Crippen LogP contribution in [0.4, 0.5) is 0 Å². The highest BCUT2D eigenvalue weighted by Crippen LogP contribution is 2.15. The molecule has 0 spiro atoms. The van der Waals surface area contributed by atoms with Crippen LogP contribution in [0.15, 0.2) is 18.2 Å². The van der Waals surface area contributed by atoms with Crippen LogP contribution in [-0.4, -0.2) is 0 Å². The van der Waals surface area contributed by atoms with Crippen LogP contribution in [0.1, 0.15) is 11.1 Å². The lowest BCUT2D eigenvalue weighted by atomic mass is 10.1. The van der Waals surface area contributed by atoms with Crippen molar-refractivity contribution in [2.45, 2.75) is 13.5 Å². The van der Waals surface area contributed by atoms with Crippen LogP contribution >= 0.6 is 24.0 Å². The summed E-state index contributed by atoms with van der Waals surface area (Å²) >= 11 is 5.82. The highest BCUT2D eigenvalue weighted by Gasteiger charge is 1.95. The molecule has 0 aliphatic carbocycles. The molecule has 1 aromatic rings. The van der Waals surface area contributed by atoms with Crippen molar-refractivity contribution in [2.24, 2.45) is 5.73 Å². The Bertz CT molecular complexity index is 236. The molecule has 62 valence electrons. The van der Waals surface area contributed by atoms with Crippen LogP contribution in [0.25, 0.3) is 0 Å². The average Bonchev–Trinajstić information content (AvgIpc) is 1.94. The maximum atomic E-state index is 5.82. The van der Waals surface area contributed by atoms with Gasteiger partial charge in [-0.1, -0.05) is 29.3 Å². The Labute approximate surface area is 78.0 Å². The minimum absolute atomic E-state index is 0. The third-order valence-corrected chi connectivity index (χ3v) is 1.79. The third kappa shape index (κ3) is 2.70. The number of hydrogen-bond acceptors (Lipinski definition) is 1. The fraction of sp³-hybridized carbons (Fsp3) is 0.250. The molecular formula is C8H11Cl2N. The second kappa shape index (κ2) is 4.60. The summed E-state index contributed by atoms with van der Waals surface area (Å²) < 4.78 is 0. The molecule has 2 N–H and O–H groups in total. The molecule has 0 fully saturated rings. The Morgan fingerprint density at radius 3 is 2.55 bits per heavy atom. The molecule has 3 heteroatoms. The molecule has 1 rings (SSSR count). The van der Waals surface area contributed by atoms with Crippen molar-refractivity contribution in [3.8, 4) is 0 Å². The molecule has 0 bridgehead atoms. The largest absolute Gasteiger partial charge is 0.326 e. The lowest BCUT2D eigenvalue weighted by molar-refractivity contribution is 1.07. The van der Waals surface area contributed by atoms with Crippen molar-refractivity contribution in [3.63, 3.8) is 0 Å². The van der Waals surface area contributed by atoms with E-state index in [0.29, 0.717) is 6.54 Å². The van der Waals surface area contributed by atoms with Gasteiger partial charge in [0.15, 0.2) is 0 Å². The first-order chi connectivity index (χ1) is 4.74. The Hall–Kier alpha value is -0.240. The van der Waals surface area contributed by atoms with E-state index in [1.54, 1.807) is 0 Å². The summed E-state index contributed by atoms with van der Waals surface area (Å²) in [5.41, 5.74) is 7.65. The standard InChI is InChI=1S/C8H10ClN.ClH/c1-6-2-3-8(9)7(4-6)5-10;/h2-4H,5,10H2,1H3;1H. The van der Waals surface area contributed by atoms with Crippen LogP contribution < -0.4 is 5.73 Å². The Morgan fingerprint density at radius 1 is 1.45 bits per heavy atom. The molecule has 11 heavy (non-hydrogen) atoms. The second-order valence-electron chi connectivity index (χ2n) is 2.30. The molecule has 0 saturated carbocycles. The van der Waals surface area contributed by atoms with E-state index in [1.165, 1.54) is 5.56 Å². The first kappa shape index (κ1) is 10.8. The number of aryl methyl sites for hydroxylation is 1. The van der Waals surface area contributed by atoms with Crippen LogP contribution in [0, 0.1) is 6.92 Å². The van der Waals surface area contributed by atoms with Crippen LogP contribution in [0.5, 0.6) is 0 Å². The van der Waals surface area contributed by atoms with Gasteiger partial charge in [-0.2, -0.15) is 0 Å². The SMILES string of the molecule is Cc1ccc(Cl)c(CN)c1.Cl. The maximum Gasteiger partial charge on any atom is 0.0451 e. The van der Waals surface area contributed by atoms with E-state index in [0.717, 1.165) is 10.6 Å². The molecular weight excluding hydrogens is 181 g/mol. The van der Waals surface area contributed by atoms with Gasteiger partial charge in [0.2, 0.25) is 0 Å². The average molecular weight is 192 g/mol. The third-order valence-electron chi connectivity index (χ3n) is 1.42. The molecule has 0 radical (unpaired) electrons. The van der Waals surface area contributed by atoms with E-state index < -0.39 is 0 Å². The number of nitrogens with two attached hydrogens (primary N) is 1. The quantitative estimate of drug-likeness (QED) is 0.726. The molecule has 1 nitrogen and oxygen atoms in total. The predicted molar refractivity (Wildman–Crippen MR) is 51.3 cm³/mol. The monoisotopic (exact) mass is 191 g/mol. The summed E-state index contributed by atoms with van der Waals surface area (Å²) in [6.45, 7) is 2.54. The van der Waals surface area contributed by atoms with E-state index in [9.17, 15) is 0 Å². The molecule has 1 aromatic carbocycles. The van der Waals surface area contributed by atoms with Gasteiger partial charge in [0.1, 0.15) is 0 Å². The number of halogens is 2. The van der Waals surface area contributed by atoms with Crippen molar-refractivity contribution >= 4 is 24.0 Å². The molecule has 0 atom stereocenters. The molecule has 0 heterocycles. The van der Waals surface area contributed by atoms with Crippen molar-refractivity contribution in [2.75, 3.05) is 0 Å².